The average Bonchev–Trinajstić information content (AvgIpc) is 2.74. The molecule has 1 aromatic heterocycles. The molecule has 5 nitrogen and oxygen atoms in total. The molecule has 1 aliphatic heterocycles. The number of likely N-dealkylation sites (N-methyl/N-ethyl adjacent to an activating group) is 1. The molecule has 1 atom stereocenters. The topological polar surface area (TPSA) is 53.5 Å². The number of carbonyl (C=O) groups excluding carboxylic acids is 2. The maximum Gasteiger partial charge on any atom is 0.255 e. The molecule has 0 spiro atoms. The third-order valence-corrected chi connectivity index (χ3v) is 5.65. The van der Waals surface area contributed by atoms with Crippen molar-refractivity contribution >= 4 is 11.8 Å². The van der Waals surface area contributed by atoms with Crippen LogP contribution in [0.25, 0.3) is 0 Å². The Bertz CT molecular complexity index is 796. The van der Waals surface area contributed by atoms with E-state index in [1.54, 1.807) is 18.0 Å². The number of pyridine rings is 1. The molecule has 28 heavy (non-hydrogen) atoms. The van der Waals surface area contributed by atoms with Crippen LogP contribution in [0.4, 0.5) is 0 Å². The van der Waals surface area contributed by atoms with E-state index in [1.807, 2.05) is 42.3 Å². The minimum Gasteiger partial charge on any atom is -0.343 e. The summed E-state index contributed by atoms with van der Waals surface area (Å²) in [5, 5.41) is 0. The number of carbonyl (C=O) groups is 2. The molecule has 3 rings (SSSR count). The minimum absolute atomic E-state index is 0.00627. The normalized spacial score (nSPS) is 15.9. The van der Waals surface area contributed by atoms with E-state index in [0.717, 1.165) is 31.6 Å². The highest BCUT2D eigenvalue weighted by atomic mass is 16.2. The van der Waals surface area contributed by atoms with Gasteiger partial charge in [-0.05, 0) is 36.5 Å². The fourth-order valence-corrected chi connectivity index (χ4v) is 3.86. The maximum absolute atomic E-state index is 12.8. The number of benzene rings is 1. The molecule has 0 radical (unpaired) electrons. The lowest BCUT2D eigenvalue weighted by atomic mass is 9.93. The Morgan fingerprint density at radius 1 is 1.14 bits per heavy atom. The van der Waals surface area contributed by atoms with Crippen LogP contribution in [0.15, 0.2) is 48.7 Å². The van der Waals surface area contributed by atoms with Gasteiger partial charge in [0.15, 0.2) is 0 Å². The molecular formula is C23H29N3O2. The van der Waals surface area contributed by atoms with Gasteiger partial charge in [0.05, 0.1) is 5.56 Å². The van der Waals surface area contributed by atoms with Gasteiger partial charge >= 0.3 is 0 Å². The highest BCUT2D eigenvalue weighted by Crippen LogP contribution is 2.27. The Labute approximate surface area is 167 Å². The smallest absolute Gasteiger partial charge is 0.255 e. The average molecular weight is 380 g/mol. The van der Waals surface area contributed by atoms with Gasteiger partial charge in [-0.1, -0.05) is 37.3 Å². The lowest BCUT2D eigenvalue weighted by molar-refractivity contribution is -0.129. The van der Waals surface area contributed by atoms with Crippen LogP contribution in [0.1, 0.15) is 60.1 Å². The Balaban J connectivity index is 1.58. The van der Waals surface area contributed by atoms with E-state index in [0.29, 0.717) is 18.0 Å². The summed E-state index contributed by atoms with van der Waals surface area (Å²) in [4.78, 5) is 32.4. The van der Waals surface area contributed by atoms with Crippen LogP contribution in [0.2, 0.25) is 0 Å². The predicted octanol–water partition coefficient (Wildman–Crippen LogP) is 3.68. The molecule has 1 fully saturated rings. The molecule has 2 heterocycles. The van der Waals surface area contributed by atoms with Gasteiger partial charge in [0.1, 0.15) is 0 Å². The van der Waals surface area contributed by atoms with Gasteiger partial charge in [0.2, 0.25) is 5.91 Å². The second-order valence-corrected chi connectivity index (χ2v) is 7.75. The van der Waals surface area contributed by atoms with Gasteiger partial charge < -0.3 is 9.80 Å². The van der Waals surface area contributed by atoms with Crippen LogP contribution < -0.4 is 0 Å². The lowest BCUT2D eigenvalue weighted by Crippen LogP contribution is -2.36. The van der Waals surface area contributed by atoms with Crippen molar-refractivity contribution in [2.24, 2.45) is 0 Å². The number of likely N-dealkylation sites (tertiary alicyclic amines) is 1. The van der Waals surface area contributed by atoms with Crippen LogP contribution in [0.5, 0.6) is 0 Å². The van der Waals surface area contributed by atoms with Crippen molar-refractivity contribution in [3.63, 3.8) is 0 Å². The molecule has 2 amide bonds. The summed E-state index contributed by atoms with van der Waals surface area (Å²) >= 11 is 0. The number of piperidine rings is 1. The van der Waals surface area contributed by atoms with E-state index in [9.17, 15) is 9.59 Å². The molecule has 2 aromatic rings. The van der Waals surface area contributed by atoms with Crippen molar-refractivity contribution < 1.29 is 9.59 Å². The highest BCUT2D eigenvalue weighted by molar-refractivity contribution is 5.93. The number of hydrogen-bond acceptors (Lipinski definition) is 3. The molecule has 1 saturated heterocycles. The van der Waals surface area contributed by atoms with Crippen LogP contribution in [-0.2, 0) is 4.79 Å². The van der Waals surface area contributed by atoms with Crippen LogP contribution in [0.3, 0.4) is 0 Å². The van der Waals surface area contributed by atoms with Gasteiger partial charge in [0.25, 0.3) is 5.91 Å². The predicted molar refractivity (Wildman–Crippen MR) is 110 cm³/mol. The summed E-state index contributed by atoms with van der Waals surface area (Å²) in [6.07, 6.45) is 3.54. The fraction of sp³-hybridized carbons (Fsp3) is 0.435. The largest absolute Gasteiger partial charge is 0.343 e. The first-order valence-electron chi connectivity index (χ1n) is 9.97. The maximum atomic E-state index is 12.8. The summed E-state index contributed by atoms with van der Waals surface area (Å²) in [6.45, 7) is 5.97. The SMILES string of the molecule is CC(=O)N1CCC(c2ccc(C(=O)N(C)CC(C)c3ccccc3)cn2)CC1. The zero-order valence-corrected chi connectivity index (χ0v) is 17.0. The van der Waals surface area contributed by atoms with Crippen LogP contribution in [0, 0.1) is 0 Å². The molecular weight excluding hydrogens is 350 g/mol. The number of hydrogen-bond donors (Lipinski definition) is 0. The molecule has 0 N–H and O–H groups in total. The first-order chi connectivity index (χ1) is 13.5. The first-order valence-corrected chi connectivity index (χ1v) is 9.97. The molecule has 0 aliphatic carbocycles. The molecule has 148 valence electrons. The number of aromatic nitrogens is 1. The molecule has 0 saturated carbocycles. The van der Waals surface area contributed by atoms with Gasteiger partial charge in [-0.15, -0.1) is 0 Å². The van der Waals surface area contributed by atoms with E-state index < -0.39 is 0 Å². The minimum atomic E-state index is -0.00627. The van der Waals surface area contributed by atoms with Crippen molar-refractivity contribution in [1.82, 2.24) is 14.8 Å². The van der Waals surface area contributed by atoms with Crippen LogP contribution >= 0.6 is 0 Å². The second-order valence-electron chi connectivity index (χ2n) is 7.75. The van der Waals surface area contributed by atoms with Crippen molar-refractivity contribution in [3.05, 3.63) is 65.5 Å². The molecule has 1 aliphatic rings. The Morgan fingerprint density at radius 3 is 2.39 bits per heavy atom. The van der Waals surface area contributed by atoms with E-state index in [4.69, 9.17) is 0 Å². The van der Waals surface area contributed by atoms with Crippen LogP contribution in [-0.4, -0.2) is 53.3 Å². The lowest BCUT2D eigenvalue weighted by Gasteiger charge is -2.31. The van der Waals surface area contributed by atoms with Gasteiger partial charge in [0, 0.05) is 51.4 Å². The Hall–Kier alpha value is -2.69. The molecule has 1 unspecified atom stereocenters. The van der Waals surface area contributed by atoms with Crippen molar-refractivity contribution in [2.45, 2.75) is 38.5 Å². The number of rotatable bonds is 5. The molecule has 0 bridgehead atoms. The van der Waals surface area contributed by atoms with E-state index >= 15 is 0 Å². The fourth-order valence-electron chi connectivity index (χ4n) is 3.86. The summed E-state index contributed by atoms with van der Waals surface area (Å²) in [6, 6.07) is 14.1. The monoisotopic (exact) mass is 379 g/mol. The summed E-state index contributed by atoms with van der Waals surface area (Å²) in [5.41, 5.74) is 2.86. The zero-order chi connectivity index (χ0) is 20.1. The summed E-state index contributed by atoms with van der Waals surface area (Å²) in [7, 11) is 1.84. The summed E-state index contributed by atoms with van der Waals surface area (Å²) in [5.74, 6) is 0.762. The Kier molecular flexibility index (Phi) is 6.45. The van der Waals surface area contributed by atoms with E-state index in [-0.39, 0.29) is 17.7 Å². The van der Waals surface area contributed by atoms with E-state index in [2.05, 4.69) is 24.0 Å². The molecule has 5 heteroatoms. The third-order valence-electron chi connectivity index (χ3n) is 5.65. The summed E-state index contributed by atoms with van der Waals surface area (Å²) < 4.78 is 0. The number of amides is 2. The molecule has 1 aromatic carbocycles. The van der Waals surface area contributed by atoms with Crippen molar-refractivity contribution in [2.75, 3.05) is 26.7 Å². The quantitative estimate of drug-likeness (QED) is 0.796. The second kappa shape index (κ2) is 9.00. The first kappa shape index (κ1) is 20.1. The standard InChI is InChI=1S/C23H29N3O2/c1-17(19-7-5-4-6-8-19)16-25(3)23(28)21-9-10-22(24-15-21)20-11-13-26(14-12-20)18(2)27/h4-10,15,17,20H,11-14,16H2,1-3H3. The van der Waals surface area contributed by atoms with Gasteiger partial charge in [-0.2, -0.15) is 0 Å². The van der Waals surface area contributed by atoms with E-state index in [1.165, 1.54) is 5.56 Å². The Morgan fingerprint density at radius 2 is 1.82 bits per heavy atom. The number of nitrogens with zero attached hydrogens (tertiary/aromatic N) is 3. The van der Waals surface area contributed by atoms with Crippen molar-refractivity contribution in [3.8, 4) is 0 Å². The highest BCUT2D eigenvalue weighted by Gasteiger charge is 2.23. The van der Waals surface area contributed by atoms with Crippen molar-refractivity contribution in [1.29, 1.82) is 0 Å². The van der Waals surface area contributed by atoms with Gasteiger partial charge in [-0.3, -0.25) is 14.6 Å². The third kappa shape index (κ3) is 4.77. The zero-order valence-electron chi connectivity index (χ0n) is 17.0. The van der Waals surface area contributed by atoms with Gasteiger partial charge in [-0.25, -0.2) is 0 Å².